The van der Waals surface area contributed by atoms with Crippen LogP contribution in [-0.4, -0.2) is 7.11 Å². The van der Waals surface area contributed by atoms with E-state index in [9.17, 15) is 4.39 Å². The maximum absolute atomic E-state index is 13.9. The summed E-state index contributed by atoms with van der Waals surface area (Å²) in [5.41, 5.74) is 2.91. The highest BCUT2D eigenvalue weighted by Crippen LogP contribution is 2.35. The van der Waals surface area contributed by atoms with E-state index >= 15 is 0 Å². The topological polar surface area (TPSA) is 18.5 Å². The monoisotopic (exact) mass is 384 g/mol. The van der Waals surface area contributed by atoms with Crippen LogP contribution >= 0.6 is 23.2 Å². The molecular weight excluding hydrogens is 362 g/mol. The summed E-state index contributed by atoms with van der Waals surface area (Å²) in [5.74, 6) is 0.302. The predicted octanol–water partition coefficient (Wildman–Crippen LogP) is 7.11. The van der Waals surface area contributed by atoms with Gasteiger partial charge in [0.1, 0.15) is 18.2 Å². The Balaban J connectivity index is 2.79. The van der Waals surface area contributed by atoms with Crippen molar-refractivity contribution in [2.75, 3.05) is 7.11 Å². The summed E-state index contributed by atoms with van der Waals surface area (Å²) in [6, 6.07) is 1.70. The number of methoxy groups -OCH3 is 1. The molecule has 0 aromatic heterocycles. The normalized spacial score (nSPS) is 13.5. The van der Waals surface area contributed by atoms with E-state index in [4.69, 9.17) is 32.7 Å². The molecule has 5 heteroatoms. The Morgan fingerprint density at radius 2 is 1.88 bits per heavy atom. The number of ether oxygens (including phenoxy) is 2. The van der Waals surface area contributed by atoms with Gasteiger partial charge in [0.2, 0.25) is 0 Å². The minimum atomic E-state index is -0.322. The van der Waals surface area contributed by atoms with Crippen molar-refractivity contribution in [3.8, 4) is 5.75 Å². The summed E-state index contributed by atoms with van der Waals surface area (Å²) >= 11 is 12.5. The molecule has 0 aliphatic heterocycles. The van der Waals surface area contributed by atoms with Gasteiger partial charge in [0, 0.05) is 11.1 Å². The lowest BCUT2D eigenvalue weighted by Crippen LogP contribution is -1.96. The second-order valence-corrected chi connectivity index (χ2v) is 6.27. The quantitative estimate of drug-likeness (QED) is 0.368. The first-order valence-electron chi connectivity index (χ1n) is 7.78. The molecule has 0 saturated heterocycles. The molecule has 0 amide bonds. The van der Waals surface area contributed by atoms with Gasteiger partial charge in [-0.05, 0) is 51.5 Å². The van der Waals surface area contributed by atoms with Crippen molar-refractivity contribution in [3.63, 3.8) is 0 Å². The zero-order valence-corrected chi connectivity index (χ0v) is 16.6. The van der Waals surface area contributed by atoms with Crippen LogP contribution in [0.5, 0.6) is 5.75 Å². The van der Waals surface area contributed by atoms with Crippen LogP contribution in [0.1, 0.15) is 31.9 Å². The van der Waals surface area contributed by atoms with E-state index in [1.807, 2.05) is 26.8 Å². The van der Waals surface area contributed by atoms with Crippen molar-refractivity contribution >= 4 is 23.2 Å². The molecule has 1 aromatic carbocycles. The molecule has 1 aromatic rings. The molecule has 0 saturated carbocycles. The number of rotatable bonds is 7. The zero-order chi connectivity index (χ0) is 19.0. The summed E-state index contributed by atoms with van der Waals surface area (Å²) in [6.45, 7) is 7.50. The lowest BCUT2D eigenvalue weighted by molar-refractivity contribution is 0.236. The van der Waals surface area contributed by atoms with Crippen molar-refractivity contribution in [1.82, 2.24) is 0 Å². The highest BCUT2D eigenvalue weighted by atomic mass is 35.5. The molecule has 0 unspecified atom stereocenters. The lowest BCUT2D eigenvalue weighted by atomic mass is 10.1. The first-order chi connectivity index (χ1) is 11.8. The van der Waals surface area contributed by atoms with Crippen molar-refractivity contribution < 1.29 is 13.9 Å². The average Bonchev–Trinajstić information content (AvgIpc) is 2.61. The summed E-state index contributed by atoms with van der Waals surface area (Å²) in [4.78, 5) is 0. The van der Waals surface area contributed by atoms with Crippen molar-refractivity contribution in [3.05, 3.63) is 74.8 Å². The van der Waals surface area contributed by atoms with E-state index in [-0.39, 0.29) is 12.4 Å². The van der Waals surface area contributed by atoms with Crippen LogP contribution in [-0.2, 0) is 11.3 Å². The molecule has 0 radical (unpaired) electrons. The molecule has 0 spiro atoms. The van der Waals surface area contributed by atoms with Crippen molar-refractivity contribution in [1.29, 1.82) is 0 Å². The summed E-state index contributed by atoms with van der Waals surface area (Å²) in [7, 11) is 1.56. The molecule has 2 nitrogen and oxygen atoms in total. The Bertz CT molecular complexity index is 732. The van der Waals surface area contributed by atoms with Crippen molar-refractivity contribution in [2.45, 2.75) is 34.3 Å². The molecule has 25 heavy (non-hydrogen) atoms. The number of allylic oxidation sites excluding steroid dienone is 7. The highest BCUT2D eigenvalue weighted by Gasteiger charge is 2.13. The molecule has 0 atom stereocenters. The number of benzene rings is 1. The average molecular weight is 385 g/mol. The molecular formula is C20H23Cl2FO2. The van der Waals surface area contributed by atoms with Crippen LogP contribution in [0.4, 0.5) is 4.39 Å². The summed E-state index contributed by atoms with van der Waals surface area (Å²) in [5, 5.41) is 0.963. The van der Waals surface area contributed by atoms with Crippen LogP contribution in [0.25, 0.3) is 0 Å². The van der Waals surface area contributed by atoms with Crippen LogP contribution in [0.3, 0.4) is 0 Å². The Labute approximate surface area is 159 Å². The van der Waals surface area contributed by atoms with E-state index in [1.54, 1.807) is 32.3 Å². The largest absolute Gasteiger partial charge is 0.496 e. The van der Waals surface area contributed by atoms with Gasteiger partial charge in [-0.2, -0.15) is 0 Å². The lowest BCUT2D eigenvalue weighted by Gasteiger charge is -2.13. The maximum atomic E-state index is 13.9. The Morgan fingerprint density at radius 3 is 2.48 bits per heavy atom. The number of hydrogen-bond donors (Lipinski definition) is 0. The number of halogens is 3. The van der Waals surface area contributed by atoms with Gasteiger partial charge in [-0.1, -0.05) is 40.9 Å². The van der Waals surface area contributed by atoms with Gasteiger partial charge in [-0.25, -0.2) is 4.39 Å². The zero-order valence-electron chi connectivity index (χ0n) is 15.1. The molecule has 1 rings (SSSR count). The molecule has 0 bridgehead atoms. The second-order valence-electron chi connectivity index (χ2n) is 5.49. The SMILES string of the molecule is C/C=C(C)/C=C/C(F)=C(C)/C=C/OCc1c(Cl)cc(OC)c(C)c1Cl. The van der Waals surface area contributed by atoms with Gasteiger partial charge in [0.25, 0.3) is 0 Å². The van der Waals surface area contributed by atoms with Crippen LogP contribution in [0.15, 0.2) is 53.6 Å². The standard InChI is InChI=1S/C20H23Cl2FO2/c1-6-13(2)7-8-18(23)14(3)9-10-25-12-16-17(21)11-19(24-5)15(4)20(16)22/h6-11H,12H2,1-5H3/b8-7+,10-9+,13-6+,18-14-. The van der Waals surface area contributed by atoms with E-state index in [0.717, 1.165) is 11.1 Å². The van der Waals surface area contributed by atoms with Crippen molar-refractivity contribution in [2.24, 2.45) is 0 Å². The van der Waals surface area contributed by atoms with Gasteiger partial charge in [0.15, 0.2) is 0 Å². The molecule has 0 N–H and O–H groups in total. The van der Waals surface area contributed by atoms with Gasteiger partial charge in [-0.15, -0.1) is 0 Å². The van der Waals surface area contributed by atoms with E-state index in [0.29, 0.717) is 26.9 Å². The van der Waals surface area contributed by atoms with E-state index < -0.39 is 0 Å². The van der Waals surface area contributed by atoms with E-state index in [2.05, 4.69) is 0 Å². The highest BCUT2D eigenvalue weighted by molar-refractivity contribution is 6.36. The molecule has 0 aliphatic carbocycles. The van der Waals surface area contributed by atoms with Gasteiger partial charge >= 0.3 is 0 Å². The summed E-state index contributed by atoms with van der Waals surface area (Å²) < 4.78 is 24.6. The maximum Gasteiger partial charge on any atom is 0.126 e. The fourth-order valence-corrected chi connectivity index (χ4v) is 2.43. The minimum Gasteiger partial charge on any atom is -0.496 e. The minimum absolute atomic E-state index is 0.182. The predicted molar refractivity (Wildman–Crippen MR) is 104 cm³/mol. The van der Waals surface area contributed by atoms with Gasteiger partial charge < -0.3 is 9.47 Å². The third-order valence-corrected chi connectivity index (χ3v) is 4.55. The smallest absolute Gasteiger partial charge is 0.126 e. The van der Waals surface area contributed by atoms with E-state index in [1.165, 1.54) is 12.3 Å². The first kappa shape index (κ1) is 21.3. The first-order valence-corrected chi connectivity index (χ1v) is 8.54. The fourth-order valence-electron chi connectivity index (χ4n) is 1.89. The molecule has 0 aliphatic rings. The molecule has 0 heterocycles. The Kier molecular flexibility index (Phi) is 8.81. The van der Waals surface area contributed by atoms with Crippen LogP contribution < -0.4 is 4.74 Å². The Morgan fingerprint density at radius 1 is 1.20 bits per heavy atom. The van der Waals surface area contributed by atoms with Gasteiger partial charge in [0.05, 0.1) is 23.4 Å². The third kappa shape index (κ3) is 6.26. The Hall–Kier alpha value is -1.71. The molecule has 0 fully saturated rings. The molecule has 136 valence electrons. The third-order valence-electron chi connectivity index (χ3n) is 3.70. The summed E-state index contributed by atoms with van der Waals surface area (Å²) in [6.07, 6.45) is 8.03. The fraction of sp³-hybridized carbons (Fsp3) is 0.300. The second kappa shape index (κ2) is 10.3. The van der Waals surface area contributed by atoms with Gasteiger partial charge in [-0.3, -0.25) is 0 Å². The van der Waals surface area contributed by atoms with Crippen LogP contribution in [0, 0.1) is 6.92 Å². The van der Waals surface area contributed by atoms with Crippen LogP contribution in [0.2, 0.25) is 10.0 Å². The number of hydrogen-bond acceptors (Lipinski definition) is 2.